The van der Waals surface area contributed by atoms with E-state index in [2.05, 4.69) is 9.59 Å². The van der Waals surface area contributed by atoms with E-state index >= 15 is 0 Å². The summed E-state index contributed by atoms with van der Waals surface area (Å²) in [5.74, 6) is -0.647. The Morgan fingerprint density at radius 1 is 1.33 bits per heavy atom. The highest BCUT2D eigenvalue weighted by Gasteiger charge is 2.32. The van der Waals surface area contributed by atoms with Gasteiger partial charge in [0.15, 0.2) is 4.84 Å². The summed E-state index contributed by atoms with van der Waals surface area (Å²) in [6.07, 6.45) is 5.52. The summed E-state index contributed by atoms with van der Waals surface area (Å²) in [5.41, 5.74) is 0.520. The van der Waals surface area contributed by atoms with Crippen molar-refractivity contribution in [1.29, 1.82) is 0 Å². The van der Waals surface area contributed by atoms with Gasteiger partial charge in [0, 0.05) is 6.54 Å². The fourth-order valence-corrected chi connectivity index (χ4v) is 3.41. The molecule has 5 nitrogen and oxygen atoms in total. The average Bonchev–Trinajstić information content (AvgIpc) is 2.90. The number of carbonyl (C=O) groups excluding carboxylic acids is 2. The highest BCUT2D eigenvalue weighted by atomic mass is 35.5. The smallest absolute Gasteiger partial charge is 0.274 e. The first-order valence-electron chi connectivity index (χ1n) is 6.93. The van der Waals surface area contributed by atoms with E-state index in [0.717, 1.165) is 37.2 Å². The first-order chi connectivity index (χ1) is 10.0. The Labute approximate surface area is 137 Å². The van der Waals surface area contributed by atoms with Crippen LogP contribution in [-0.2, 0) is 4.79 Å². The monoisotopic (exact) mass is 349 g/mol. The third-order valence-corrected chi connectivity index (χ3v) is 4.90. The van der Waals surface area contributed by atoms with Gasteiger partial charge < -0.3 is 0 Å². The van der Waals surface area contributed by atoms with E-state index in [0.29, 0.717) is 23.0 Å². The maximum Gasteiger partial charge on any atom is 0.274 e. The van der Waals surface area contributed by atoms with Gasteiger partial charge >= 0.3 is 0 Å². The van der Waals surface area contributed by atoms with Crippen molar-refractivity contribution in [2.45, 2.75) is 43.9 Å². The molecule has 1 aliphatic rings. The highest BCUT2D eigenvalue weighted by Crippen LogP contribution is 2.26. The van der Waals surface area contributed by atoms with E-state index in [-0.39, 0.29) is 0 Å². The lowest BCUT2D eigenvalue weighted by Gasteiger charge is -2.28. The summed E-state index contributed by atoms with van der Waals surface area (Å²) in [6.45, 7) is 2.06. The Morgan fingerprint density at radius 2 is 2.00 bits per heavy atom. The molecule has 1 aromatic heterocycles. The van der Waals surface area contributed by atoms with Crippen LogP contribution < -0.4 is 0 Å². The van der Waals surface area contributed by atoms with Crippen LogP contribution in [0.4, 0.5) is 0 Å². The van der Waals surface area contributed by atoms with Gasteiger partial charge in [-0.25, -0.2) is 0 Å². The van der Waals surface area contributed by atoms with Gasteiger partial charge in [-0.05, 0) is 37.2 Å². The molecule has 1 saturated carbocycles. The van der Waals surface area contributed by atoms with Gasteiger partial charge in [-0.15, -0.1) is 5.10 Å². The molecule has 0 atom stereocenters. The summed E-state index contributed by atoms with van der Waals surface area (Å²) < 4.78 is 3.74. The van der Waals surface area contributed by atoms with Crippen molar-refractivity contribution in [3.8, 4) is 0 Å². The average molecular weight is 350 g/mol. The fourth-order valence-electron chi connectivity index (χ4n) is 2.57. The van der Waals surface area contributed by atoms with Gasteiger partial charge in [-0.1, -0.05) is 47.0 Å². The minimum Gasteiger partial charge on any atom is -0.275 e. The number of nitrogens with zero attached hydrogens (tertiary/aromatic N) is 3. The van der Waals surface area contributed by atoms with Crippen molar-refractivity contribution in [2.24, 2.45) is 5.92 Å². The van der Waals surface area contributed by atoms with Crippen LogP contribution in [0, 0.1) is 12.8 Å². The molecule has 1 heterocycles. The number of halogens is 2. The van der Waals surface area contributed by atoms with Gasteiger partial charge in [0.1, 0.15) is 4.88 Å². The number of rotatable bonds is 4. The van der Waals surface area contributed by atoms with Crippen molar-refractivity contribution in [2.75, 3.05) is 6.54 Å². The molecule has 0 spiro atoms. The zero-order valence-electron chi connectivity index (χ0n) is 11.7. The van der Waals surface area contributed by atoms with Crippen LogP contribution in [0.3, 0.4) is 0 Å². The second kappa shape index (κ2) is 7.51. The zero-order chi connectivity index (χ0) is 15.4. The number of amides is 2. The topological polar surface area (TPSA) is 63.2 Å². The van der Waals surface area contributed by atoms with Crippen LogP contribution >= 0.6 is 34.7 Å². The van der Waals surface area contributed by atoms with Gasteiger partial charge in [0.25, 0.3) is 11.8 Å². The van der Waals surface area contributed by atoms with E-state index in [1.54, 1.807) is 6.92 Å². The van der Waals surface area contributed by atoms with Crippen molar-refractivity contribution >= 4 is 46.5 Å². The standard InChI is InChI=1S/C13H17Cl2N3O2S/c1-8-10(21-17-16-8)12(19)18(13(20)11(14)15)7-9-5-3-2-4-6-9/h9,11H,2-7H2,1H3. The van der Waals surface area contributed by atoms with E-state index in [4.69, 9.17) is 23.2 Å². The SMILES string of the molecule is Cc1nnsc1C(=O)N(CC1CCCCC1)C(=O)C(Cl)Cl. The van der Waals surface area contributed by atoms with Crippen LogP contribution in [0.2, 0.25) is 0 Å². The largest absolute Gasteiger partial charge is 0.275 e. The third kappa shape index (κ3) is 4.14. The predicted octanol–water partition coefficient (Wildman–Crippen LogP) is 3.20. The lowest BCUT2D eigenvalue weighted by molar-refractivity contribution is -0.127. The Bertz CT molecular complexity index is 515. The minimum atomic E-state index is -1.24. The molecule has 0 aromatic carbocycles. The molecule has 1 aromatic rings. The van der Waals surface area contributed by atoms with Gasteiger partial charge in [-0.3, -0.25) is 14.5 Å². The lowest BCUT2D eigenvalue weighted by atomic mass is 9.89. The van der Waals surface area contributed by atoms with E-state index in [9.17, 15) is 9.59 Å². The van der Waals surface area contributed by atoms with E-state index in [1.165, 1.54) is 11.3 Å². The van der Waals surface area contributed by atoms with Crippen LogP contribution in [0.5, 0.6) is 0 Å². The summed E-state index contributed by atoms with van der Waals surface area (Å²) in [4.78, 5) is 25.0. The third-order valence-electron chi connectivity index (χ3n) is 3.71. The molecule has 1 fully saturated rings. The second-order valence-corrected chi connectivity index (χ2v) is 7.10. The highest BCUT2D eigenvalue weighted by molar-refractivity contribution is 7.08. The molecule has 2 rings (SSSR count). The molecule has 0 unspecified atom stereocenters. The maximum atomic E-state index is 12.6. The summed E-state index contributed by atoms with van der Waals surface area (Å²) in [6, 6.07) is 0. The molecule has 8 heteroatoms. The number of carbonyl (C=O) groups is 2. The van der Waals surface area contributed by atoms with Crippen molar-refractivity contribution in [3.63, 3.8) is 0 Å². The fraction of sp³-hybridized carbons (Fsp3) is 0.692. The van der Waals surface area contributed by atoms with Crippen molar-refractivity contribution in [3.05, 3.63) is 10.6 Å². The van der Waals surface area contributed by atoms with E-state index in [1.807, 2.05) is 0 Å². The molecule has 0 aliphatic heterocycles. The first-order valence-corrected chi connectivity index (χ1v) is 8.58. The number of hydrogen-bond donors (Lipinski definition) is 0. The lowest BCUT2D eigenvalue weighted by Crippen LogP contribution is -2.43. The van der Waals surface area contributed by atoms with E-state index < -0.39 is 16.7 Å². The predicted molar refractivity (Wildman–Crippen MR) is 82.8 cm³/mol. The Kier molecular flexibility index (Phi) is 5.96. The molecule has 0 N–H and O–H groups in total. The molecule has 0 saturated heterocycles. The Hall–Kier alpha value is -0.720. The zero-order valence-corrected chi connectivity index (χ0v) is 14.0. The molecule has 2 amide bonds. The Morgan fingerprint density at radius 3 is 2.52 bits per heavy atom. The minimum absolute atomic E-state index is 0.319. The normalized spacial score (nSPS) is 16.2. The molecule has 116 valence electrons. The Balaban J connectivity index is 2.17. The van der Waals surface area contributed by atoms with Gasteiger partial charge in [0.05, 0.1) is 5.69 Å². The van der Waals surface area contributed by atoms with Crippen molar-refractivity contribution < 1.29 is 9.59 Å². The molecule has 0 bridgehead atoms. The first kappa shape index (κ1) is 16.6. The summed E-state index contributed by atoms with van der Waals surface area (Å²) in [5, 5.41) is 3.81. The van der Waals surface area contributed by atoms with Gasteiger partial charge in [0.2, 0.25) is 0 Å². The quantitative estimate of drug-likeness (QED) is 0.783. The maximum absolute atomic E-state index is 12.6. The van der Waals surface area contributed by atoms with Crippen LogP contribution in [0.25, 0.3) is 0 Å². The molecular weight excluding hydrogens is 333 g/mol. The number of alkyl halides is 2. The van der Waals surface area contributed by atoms with Gasteiger partial charge in [-0.2, -0.15) is 0 Å². The molecule has 21 heavy (non-hydrogen) atoms. The summed E-state index contributed by atoms with van der Waals surface area (Å²) in [7, 11) is 0. The summed E-state index contributed by atoms with van der Waals surface area (Å²) >= 11 is 12.3. The second-order valence-electron chi connectivity index (χ2n) is 5.25. The van der Waals surface area contributed by atoms with Crippen LogP contribution in [0.1, 0.15) is 47.5 Å². The van der Waals surface area contributed by atoms with Crippen LogP contribution in [-0.4, -0.2) is 37.7 Å². The number of hydrogen-bond acceptors (Lipinski definition) is 5. The van der Waals surface area contributed by atoms with Crippen molar-refractivity contribution in [1.82, 2.24) is 14.5 Å². The molecular formula is C13H17Cl2N3O2S. The number of imide groups is 1. The van der Waals surface area contributed by atoms with Crippen LogP contribution in [0.15, 0.2) is 0 Å². The number of aryl methyl sites for hydroxylation is 1. The molecule has 1 aliphatic carbocycles. The molecule has 0 radical (unpaired) electrons. The number of aromatic nitrogens is 2.